The zero-order valence-electron chi connectivity index (χ0n) is 11.2. The van der Waals surface area contributed by atoms with Crippen LogP contribution < -0.4 is 5.73 Å². The van der Waals surface area contributed by atoms with E-state index < -0.39 is 4.92 Å². The molecule has 108 valence electrons. The fourth-order valence-electron chi connectivity index (χ4n) is 2.59. The van der Waals surface area contributed by atoms with E-state index in [0.717, 1.165) is 6.42 Å². The van der Waals surface area contributed by atoms with Crippen LogP contribution in [0.2, 0.25) is 0 Å². The summed E-state index contributed by atoms with van der Waals surface area (Å²) in [4.78, 5) is 24.3. The van der Waals surface area contributed by atoms with E-state index in [0.29, 0.717) is 6.54 Å². The van der Waals surface area contributed by atoms with Gasteiger partial charge in [-0.3, -0.25) is 14.9 Å². The molecule has 1 saturated heterocycles. The third-order valence-electron chi connectivity index (χ3n) is 3.84. The number of hydrogen-bond acceptors (Lipinski definition) is 5. The number of rotatable bonds is 3. The van der Waals surface area contributed by atoms with Crippen molar-refractivity contribution in [2.75, 3.05) is 18.9 Å². The number of aliphatic hydroxyl groups is 1. The Balaban J connectivity index is 2.35. The Kier molecular flexibility index (Phi) is 3.89. The molecular formula is C13H17N3O4. The van der Waals surface area contributed by atoms with Crippen molar-refractivity contribution in [1.82, 2.24) is 4.90 Å². The highest BCUT2D eigenvalue weighted by Crippen LogP contribution is 2.30. The summed E-state index contributed by atoms with van der Waals surface area (Å²) in [6, 6.07) is 3.92. The minimum Gasteiger partial charge on any atom is -0.394 e. The minimum absolute atomic E-state index is 0.117. The molecule has 7 heteroatoms. The monoisotopic (exact) mass is 279 g/mol. The van der Waals surface area contributed by atoms with Crippen LogP contribution in [0.5, 0.6) is 0 Å². The van der Waals surface area contributed by atoms with Crippen LogP contribution in [0.4, 0.5) is 11.4 Å². The lowest BCUT2D eigenvalue weighted by molar-refractivity contribution is -0.383. The number of amides is 1. The van der Waals surface area contributed by atoms with E-state index >= 15 is 0 Å². The number of para-hydroxylation sites is 1. The summed E-state index contributed by atoms with van der Waals surface area (Å²) < 4.78 is 0. The van der Waals surface area contributed by atoms with Gasteiger partial charge in [-0.15, -0.1) is 0 Å². The maximum Gasteiger partial charge on any atom is 0.292 e. The van der Waals surface area contributed by atoms with Crippen molar-refractivity contribution < 1.29 is 14.8 Å². The molecule has 3 N–H and O–H groups in total. The van der Waals surface area contributed by atoms with Gasteiger partial charge >= 0.3 is 0 Å². The van der Waals surface area contributed by atoms with Crippen LogP contribution in [0.15, 0.2) is 18.2 Å². The molecule has 2 atom stereocenters. The highest BCUT2D eigenvalue weighted by Gasteiger charge is 2.35. The summed E-state index contributed by atoms with van der Waals surface area (Å²) in [7, 11) is 0. The molecule has 1 fully saturated rings. The van der Waals surface area contributed by atoms with Gasteiger partial charge in [-0.1, -0.05) is 13.0 Å². The standard InChI is InChI=1S/C13H17N3O4/c1-8-5-6-15(11(8)7-17)13(18)9-3-2-4-10(12(9)14)16(19)20/h2-4,8,11,17H,5-7,14H2,1H3. The lowest BCUT2D eigenvalue weighted by atomic mass is 10.0. The Morgan fingerprint density at radius 1 is 1.60 bits per heavy atom. The molecule has 1 amide bonds. The van der Waals surface area contributed by atoms with Crippen molar-refractivity contribution in [2.24, 2.45) is 5.92 Å². The van der Waals surface area contributed by atoms with Gasteiger partial charge in [0.2, 0.25) is 0 Å². The Morgan fingerprint density at radius 3 is 2.90 bits per heavy atom. The normalized spacial score (nSPS) is 22.0. The fraction of sp³-hybridized carbons (Fsp3) is 0.462. The number of nitrogen functional groups attached to an aromatic ring is 1. The Hall–Kier alpha value is -2.15. The molecular weight excluding hydrogens is 262 g/mol. The summed E-state index contributed by atoms with van der Waals surface area (Å²) in [5, 5.41) is 20.2. The van der Waals surface area contributed by atoms with Crippen LogP contribution in [0.1, 0.15) is 23.7 Å². The number of nitrogens with zero attached hydrogens (tertiary/aromatic N) is 2. The van der Waals surface area contributed by atoms with E-state index in [1.807, 2.05) is 6.92 Å². The Morgan fingerprint density at radius 2 is 2.30 bits per heavy atom. The number of anilines is 1. The van der Waals surface area contributed by atoms with E-state index in [4.69, 9.17) is 5.73 Å². The van der Waals surface area contributed by atoms with E-state index in [9.17, 15) is 20.0 Å². The molecule has 0 saturated carbocycles. The maximum atomic E-state index is 12.5. The molecule has 1 heterocycles. The second-order valence-corrected chi connectivity index (χ2v) is 5.01. The van der Waals surface area contributed by atoms with Crippen molar-refractivity contribution in [3.8, 4) is 0 Å². The van der Waals surface area contributed by atoms with E-state index in [2.05, 4.69) is 0 Å². The number of nitro benzene ring substituents is 1. The van der Waals surface area contributed by atoms with Gasteiger partial charge in [-0.2, -0.15) is 0 Å². The van der Waals surface area contributed by atoms with Gasteiger partial charge in [0.15, 0.2) is 0 Å². The topological polar surface area (TPSA) is 110 Å². The predicted molar refractivity (Wildman–Crippen MR) is 73.2 cm³/mol. The molecule has 0 spiro atoms. The molecule has 7 nitrogen and oxygen atoms in total. The third kappa shape index (κ3) is 2.32. The van der Waals surface area contributed by atoms with Crippen molar-refractivity contribution >= 4 is 17.3 Å². The van der Waals surface area contributed by atoms with Crippen molar-refractivity contribution in [1.29, 1.82) is 0 Å². The molecule has 0 bridgehead atoms. The number of hydrogen-bond donors (Lipinski definition) is 2. The highest BCUT2D eigenvalue weighted by molar-refractivity contribution is 6.01. The molecule has 20 heavy (non-hydrogen) atoms. The summed E-state index contributed by atoms with van der Waals surface area (Å²) in [5.74, 6) is -0.168. The number of nitrogens with two attached hydrogens (primary N) is 1. The quantitative estimate of drug-likeness (QED) is 0.487. The number of aliphatic hydroxyl groups excluding tert-OH is 1. The number of likely N-dealkylation sites (tertiary alicyclic amines) is 1. The summed E-state index contributed by atoms with van der Waals surface area (Å²) in [5.41, 5.74) is 5.44. The van der Waals surface area contributed by atoms with Crippen LogP contribution in [0, 0.1) is 16.0 Å². The first-order chi connectivity index (χ1) is 9.47. The fourth-order valence-corrected chi connectivity index (χ4v) is 2.59. The highest BCUT2D eigenvalue weighted by atomic mass is 16.6. The average Bonchev–Trinajstić information content (AvgIpc) is 2.79. The lowest BCUT2D eigenvalue weighted by Gasteiger charge is -2.25. The van der Waals surface area contributed by atoms with Crippen LogP contribution in [0.3, 0.4) is 0 Å². The van der Waals surface area contributed by atoms with Gasteiger partial charge in [-0.05, 0) is 18.4 Å². The molecule has 0 radical (unpaired) electrons. The zero-order chi connectivity index (χ0) is 14.9. The summed E-state index contributed by atoms with van der Waals surface area (Å²) in [6.07, 6.45) is 0.797. The average molecular weight is 279 g/mol. The van der Waals surface area contributed by atoms with Crippen molar-refractivity contribution in [3.63, 3.8) is 0 Å². The molecule has 1 aliphatic rings. The first-order valence-corrected chi connectivity index (χ1v) is 6.42. The third-order valence-corrected chi connectivity index (χ3v) is 3.84. The lowest BCUT2D eigenvalue weighted by Crippen LogP contribution is -2.40. The number of carbonyl (C=O) groups excluding carboxylic acids is 1. The molecule has 0 aliphatic carbocycles. The molecule has 0 aromatic heterocycles. The van der Waals surface area contributed by atoms with Crippen LogP contribution in [0.25, 0.3) is 0 Å². The van der Waals surface area contributed by atoms with Gasteiger partial charge in [0.05, 0.1) is 23.1 Å². The SMILES string of the molecule is CC1CCN(C(=O)c2cccc([N+](=O)[O-])c2N)C1CO. The largest absolute Gasteiger partial charge is 0.394 e. The second kappa shape index (κ2) is 5.46. The number of benzene rings is 1. The molecule has 1 aromatic rings. The smallest absolute Gasteiger partial charge is 0.292 e. The number of nitro groups is 1. The Labute approximate surface area is 116 Å². The van der Waals surface area contributed by atoms with Crippen LogP contribution in [-0.4, -0.2) is 40.0 Å². The van der Waals surface area contributed by atoms with Gasteiger partial charge < -0.3 is 15.7 Å². The van der Waals surface area contributed by atoms with Crippen LogP contribution >= 0.6 is 0 Å². The van der Waals surface area contributed by atoms with Crippen molar-refractivity contribution in [2.45, 2.75) is 19.4 Å². The van der Waals surface area contributed by atoms with Gasteiger partial charge in [0.1, 0.15) is 5.69 Å². The first kappa shape index (κ1) is 14.3. The first-order valence-electron chi connectivity index (χ1n) is 6.42. The van der Waals surface area contributed by atoms with E-state index in [1.54, 1.807) is 4.90 Å². The predicted octanol–water partition coefficient (Wildman–Crippen LogP) is 1.02. The van der Waals surface area contributed by atoms with E-state index in [1.165, 1.54) is 18.2 Å². The number of carbonyl (C=O) groups is 1. The minimum atomic E-state index is -0.609. The Bertz CT molecular complexity index is 546. The summed E-state index contributed by atoms with van der Waals surface area (Å²) >= 11 is 0. The molecule has 2 rings (SSSR count). The van der Waals surface area contributed by atoms with Gasteiger partial charge in [-0.25, -0.2) is 0 Å². The molecule has 1 aromatic carbocycles. The van der Waals surface area contributed by atoms with E-state index in [-0.39, 0.29) is 41.4 Å². The van der Waals surface area contributed by atoms with Crippen molar-refractivity contribution in [3.05, 3.63) is 33.9 Å². The van der Waals surface area contributed by atoms with Gasteiger partial charge in [0.25, 0.3) is 11.6 Å². The van der Waals surface area contributed by atoms with Crippen LogP contribution in [-0.2, 0) is 0 Å². The summed E-state index contributed by atoms with van der Waals surface area (Å²) in [6.45, 7) is 2.36. The molecule has 2 unspecified atom stereocenters. The second-order valence-electron chi connectivity index (χ2n) is 5.01. The zero-order valence-corrected chi connectivity index (χ0v) is 11.2. The molecule has 1 aliphatic heterocycles. The van der Waals surface area contributed by atoms with Gasteiger partial charge in [0, 0.05) is 12.6 Å². The maximum absolute atomic E-state index is 12.5.